The predicted molar refractivity (Wildman–Crippen MR) is 46.9 cm³/mol. The van der Waals surface area contributed by atoms with Crippen LogP contribution in [0.15, 0.2) is 23.4 Å². The van der Waals surface area contributed by atoms with Crippen molar-refractivity contribution in [2.45, 2.75) is 6.92 Å². The van der Waals surface area contributed by atoms with E-state index >= 15 is 0 Å². The topological polar surface area (TPSA) is 41.8 Å². The second-order valence-corrected chi connectivity index (χ2v) is 2.53. The molecule has 0 bridgehead atoms. The van der Waals surface area contributed by atoms with Crippen LogP contribution in [0.2, 0.25) is 0 Å². The third kappa shape index (κ3) is 1.96. The SMILES string of the molecule is COc1ccc(/C(C)=N/O)cc1F. The normalized spacial score (nSPS) is 11.5. The number of methoxy groups -OCH3 is 1. The number of benzene rings is 1. The van der Waals surface area contributed by atoms with Gasteiger partial charge in [0.2, 0.25) is 0 Å². The largest absolute Gasteiger partial charge is 0.494 e. The predicted octanol–water partition coefficient (Wildman–Crippen LogP) is 2.03. The fourth-order valence-corrected chi connectivity index (χ4v) is 0.949. The zero-order chi connectivity index (χ0) is 9.84. The summed E-state index contributed by atoms with van der Waals surface area (Å²) in [6, 6.07) is 4.37. The molecule has 1 rings (SSSR count). The Morgan fingerprint density at radius 1 is 1.54 bits per heavy atom. The third-order valence-electron chi connectivity index (χ3n) is 1.72. The van der Waals surface area contributed by atoms with Gasteiger partial charge >= 0.3 is 0 Å². The summed E-state index contributed by atoms with van der Waals surface area (Å²) in [5.41, 5.74) is 0.891. The Morgan fingerprint density at radius 3 is 2.69 bits per heavy atom. The van der Waals surface area contributed by atoms with Gasteiger partial charge in [-0.25, -0.2) is 4.39 Å². The Hall–Kier alpha value is -1.58. The molecule has 0 fully saturated rings. The molecule has 0 saturated carbocycles. The standard InChI is InChI=1S/C9H10FNO2/c1-6(11-12)7-3-4-9(13-2)8(10)5-7/h3-5,12H,1-2H3/b11-6+. The lowest BCUT2D eigenvalue weighted by molar-refractivity contribution is 0.319. The molecule has 1 aromatic carbocycles. The first-order chi connectivity index (χ1) is 6.19. The van der Waals surface area contributed by atoms with E-state index in [1.807, 2.05) is 0 Å². The molecular formula is C9H10FNO2. The van der Waals surface area contributed by atoms with Crippen LogP contribution in [-0.2, 0) is 0 Å². The minimum atomic E-state index is -0.469. The molecule has 1 N–H and O–H groups in total. The van der Waals surface area contributed by atoms with E-state index in [1.54, 1.807) is 13.0 Å². The van der Waals surface area contributed by atoms with Gasteiger partial charge in [-0.2, -0.15) is 0 Å². The Kier molecular flexibility index (Phi) is 2.84. The van der Waals surface area contributed by atoms with E-state index in [0.29, 0.717) is 11.3 Å². The van der Waals surface area contributed by atoms with Gasteiger partial charge < -0.3 is 9.94 Å². The van der Waals surface area contributed by atoms with Gasteiger partial charge in [0.25, 0.3) is 0 Å². The van der Waals surface area contributed by atoms with E-state index in [0.717, 1.165) is 0 Å². The lowest BCUT2D eigenvalue weighted by Gasteiger charge is -2.03. The molecule has 0 aliphatic heterocycles. The summed E-state index contributed by atoms with van der Waals surface area (Å²) in [7, 11) is 1.39. The zero-order valence-corrected chi connectivity index (χ0v) is 7.41. The molecule has 0 aromatic heterocycles. The van der Waals surface area contributed by atoms with Crippen molar-refractivity contribution in [3.63, 3.8) is 0 Å². The maximum absolute atomic E-state index is 13.1. The molecule has 0 unspecified atom stereocenters. The summed E-state index contributed by atoms with van der Waals surface area (Å²) in [4.78, 5) is 0. The maximum atomic E-state index is 13.1. The number of halogens is 1. The highest BCUT2D eigenvalue weighted by Crippen LogP contribution is 2.17. The molecule has 0 heterocycles. The van der Waals surface area contributed by atoms with E-state index < -0.39 is 5.82 Å². The fraction of sp³-hybridized carbons (Fsp3) is 0.222. The van der Waals surface area contributed by atoms with Gasteiger partial charge in [-0.15, -0.1) is 0 Å². The van der Waals surface area contributed by atoms with E-state index in [4.69, 9.17) is 9.94 Å². The summed E-state index contributed by atoms with van der Waals surface area (Å²) in [5.74, 6) is -0.294. The third-order valence-corrected chi connectivity index (χ3v) is 1.72. The van der Waals surface area contributed by atoms with Crippen molar-refractivity contribution in [3.8, 4) is 5.75 Å². The highest BCUT2D eigenvalue weighted by Gasteiger charge is 2.04. The van der Waals surface area contributed by atoms with Gasteiger partial charge in [0.05, 0.1) is 12.8 Å². The van der Waals surface area contributed by atoms with Gasteiger partial charge in [-0.05, 0) is 25.1 Å². The summed E-state index contributed by atoms with van der Waals surface area (Å²) in [6.45, 7) is 1.58. The highest BCUT2D eigenvalue weighted by molar-refractivity contribution is 5.98. The van der Waals surface area contributed by atoms with Crippen LogP contribution in [0.3, 0.4) is 0 Å². The molecule has 0 aliphatic rings. The summed E-state index contributed by atoms with van der Waals surface area (Å²) < 4.78 is 17.8. The van der Waals surface area contributed by atoms with Crippen LogP contribution in [0.1, 0.15) is 12.5 Å². The first-order valence-corrected chi connectivity index (χ1v) is 3.71. The average Bonchev–Trinajstić information content (AvgIpc) is 2.16. The van der Waals surface area contributed by atoms with Crippen molar-refractivity contribution < 1.29 is 14.3 Å². The van der Waals surface area contributed by atoms with Crippen LogP contribution in [-0.4, -0.2) is 18.0 Å². The van der Waals surface area contributed by atoms with Gasteiger partial charge in [0.1, 0.15) is 0 Å². The Labute approximate surface area is 75.4 Å². The van der Waals surface area contributed by atoms with Crippen LogP contribution in [0, 0.1) is 5.82 Å². The quantitative estimate of drug-likeness (QED) is 0.433. The van der Waals surface area contributed by atoms with E-state index in [9.17, 15) is 4.39 Å². The first-order valence-electron chi connectivity index (χ1n) is 3.71. The van der Waals surface area contributed by atoms with Crippen LogP contribution in [0.5, 0.6) is 5.75 Å². The number of hydrogen-bond donors (Lipinski definition) is 1. The molecule has 0 radical (unpaired) electrons. The van der Waals surface area contributed by atoms with Crippen LogP contribution >= 0.6 is 0 Å². The Balaban J connectivity index is 3.10. The fourth-order valence-electron chi connectivity index (χ4n) is 0.949. The van der Waals surface area contributed by atoms with Crippen molar-refractivity contribution >= 4 is 5.71 Å². The molecule has 1 aromatic rings. The first kappa shape index (κ1) is 9.51. The Morgan fingerprint density at radius 2 is 2.23 bits per heavy atom. The number of nitrogens with zero attached hydrogens (tertiary/aromatic N) is 1. The van der Waals surface area contributed by atoms with Crippen molar-refractivity contribution in [3.05, 3.63) is 29.6 Å². The van der Waals surface area contributed by atoms with Crippen molar-refractivity contribution in [1.82, 2.24) is 0 Å². The number of ether oxygens (including phenoxy) is 1. The Bertz CT molecular complexity index is 336. The smallest absolute Gasteiger partial charge is 0.165 e. The van der Waals surface area contributed by atoms with E-state index in [2.05, 4.69) is 5.16 Å². The molecule has 0 aliphatic carbocycles. The van der Waals surface area contributed by atoms with Gasteiger partial charge in [0.15, 0.2) is 11.6 Å². The second-order valence-electron chi connectivity index (χ2n) is 2.53. The second kappa shape index (κ2) is 3.89. The molecule has 0 atom stereocenters. The van der Waals surface area contributed by atoms with Crippen molar-refractivity contribution in [2.24, 2.45) is 5.16 Å². The lowest BCUT2D eigenvalue weighted by Crippen LogP contribution is -1.96. The van der Waals surface area contributed by atoms with E-state index in [-0.39, 0.29) is 5.75 Å². The summed E-state index contributed by atoms with van der Waals surface area (Å²) >= 11 is 0. The van der Waals surface area contributed by atoms with Crippen LogP contribution in [0.4, 0.5) is 4.39 Å². The van der Waals surface area contributed by atoms with Gasteiger partial charge in [-0.3, -0.25) is 0 Å². The molecule has 3 nitrogen and oxygen atoms in total. The number of hydrogen-bond acceptors (Lipinski definition) is 3. The van der Waals surface area contributed by atoms with E-state index in [1.165, 1.54) is 19.2 Å². The van der Waals surface area contributed by atoms with Crippen LogP contribution in [0.25, 0.3) is 0 Å². The molecule has 0 saturated heterocycles. The molecule has 0 amide bonds. The molecular weight excluding hydrogens is 173 g/mol. The minimum absolute atomic E-state index is 0.175. The maximum Gasteiger partial charge on any atom is 0.165 e. The lowest BCUT2D eigenvalue weighted by atomic mass is 10.1. The average molecular weight is 183 g/mol. The number of oxime groups is 1. The van der Waals surface area contributed by atoms with Gasteiger partial charge in [0, 0.05) is 5.56 Å². The van der Waals surface area contributed by atoms with Crippen LogP contribution < -0.4 is 4.74 Å². The molecule has 70 valence electrons. The molecule has 0 spiro atoms. The molecule has 4 heteroatoms. The van der Waals surface area contributed by atoms with Crippen molar-refractivity contribution in [1.29, 1.82) is 0 Å². The monoisotopic (exact) mass is 183 g/mol. The van der Waals surface area contributed by atoms with Crippen molar-refractivity contribution in [2.75, 3.05) is 7.11 Å². The number of rotatable bonds is 2. The van der Waals surface area contributed by atoms with Gasteiger partial charge in [-0.1, -0.05) is 5.16 Å². The highest BCUT2D eigenvalue weighted by atomic mass is 19.1. The zero-order valence-electron chi connectivity index (χ0n) is 7.41. The minimum Gasteiger partial charge on any atom is -0.494 e. The molecule has 13 heavy (non-hydrogen) atoms. The summed E-state index contributed by atoms with van der Waals surface area (Å²) in [6.07, 6.45) is 0. The summed E-state index contributed by atoms with van der Waals surface area (Å²) in [5, 5.41) is 11.4.